The van der Waals surface area contributed by atoms with Crippen molar-refractivity contribution >= 4 is 5.91 Å². The molecule has 1 amide bonds. The molecule has 0 saturated carbocycles. The molecular formula is C15H15NO3. The highest BCUT2D eigenvalue weighted by Crippen LogP contribution is 2.22. The molecule has 0 spiro atoms. The number of methoxy groups -OCH3 is 1. The number of ether oxygens (including phenoxy) is 2. The molecule has 0 aliphatic carbocycles. The molecule has 19 heavy (non-hydrogen) atoms. The average molecular weight is 257 g/mol. The maximum atomic E-state index is 11.0. The molecule has 0 saturated heterocycles. The van der Waals surface area contributed by atoms with Gasteiger partial charge in [-0.2, -0.15) is 0 Å². The SMILES string of the molecule is COC(Oc1ccc(C(N)=O)cc1)c1ccccc1. The van der Waals surface area contributed by atoms with Crippen LogP contribution in [0.5, 0.6) is 5.75 Å². The van der Waals surface area contributed by atoms with Crippen LogP contribution in [0.2, 0.25) is 0 Å². The van der Waals surface area contributed by atoms with Crippen LogP contribution in [0.3, 0.4) is 0 Å². The summed E-state index contributed by atoms with van der Waals surface area (Å²) in [6.45, 7) is 0. The van der Waals surface area contributed by atoms with Crippen molar-refractivity contribution in [2.24, 2.45) is 5.73 Å². The number of carbonyl (C=O) groups is 1. The van der Waals surface area contributed by atoms with E-state index in [0.717, 1.165) is 5.56 Å². The molecule has 2 aromatic carbocycles. The molecule has 0 aliphatic rings. The highest BCUT2D eigenvalue weighted by molar-refractivity contribution is 5.92. The van der Waals surface area contributed by atoms with E-state index in [0.29, 0.717) is 11.3 Å². The molecule has 0 radical (unpaired) electrons. The van der Waals surface area contributed by atoms with Gasteiger partial charge in [0.1, 0.15) is 5.75 Å². The third-order valence-electron chi connectivity index (χ3n) is 2.67. The van der Waals surface area contributed by atoms with Crippen molar-refractivity contribution in [3.05, 3.63) is 65.7 Å². The Morgan fingerprint density at radius 1 is 1.05 bits per heavy atom. The first-order valence-electron chi connectivity index (χ1n) is 5.85. The van der Waals surface area contributed by atoms with Gasteiger partial charge in [-0.25, -0.2) is 0 Å². The van der Waals surface area contributed by atoms with E-state index in [4.69, 9.17) is 15.2 Å². The summed E-state index contributed by atoms with van der Waals surface area (Å²) in [4.78, 5) is 11.0. The van der Waals surface area contributed by atoms with E-state index in [-0.39, 0.29) is 0 Å². The number of hydrogen-bond acceptors (Lipinski definition) is 3. The number of amides is 1. The average Bonchev–Trinajstić information content (AvgIpc) is 2.46. The van der Waals surface area contributed by atoms with Gasteiger partial charge in [0, 0.05) is 18.2 Å². The molecule has 2 rings (SSSR count). The zero-order valence-corrected chi connectivity index (χ0v) is 10.6. The molecule has 4 nitrogen and oxygen atoms in total. The van der Waals surface area contributed by atoms with Gasteiger partial charge in [-0.05, 0) is 24.3 Å². The molecule has 0 bridgehead atoms. The minimum Gasteiger partial charge on any atom is -0.461 e. The van der Waals surface area contributed by atoms with Gasteiger partial charge in [-0.15, -0.1) is 0 Å². The van der Waals surface area contributed by atoms with Crippen LogP contribution >= 0.6 is 0 Å². The van der Waals surface area contributed by atoms with Crippen LogP contribution in [0.1, 0.15) is 22.2 Å². The van der Waals surface area contributed by atoms with Gasteiger partial charge in [0.05, 0.1) is 0 Å². The topological polar surface area (TPSA) is 61.6 Å². The van der Waals surface area contributed by atoms with E-state index in [9.17, 15) is 4.79 Å². The molecule has 98 valence electrons. The standard InChI is InChI=1S/C15H15NO3/c1-18-15(12-5-3-2-4-6-12)19-13-9-7-11(8-10-13)14(16)17/h2-10,15H,1H3,(H2,16,17). The second-order valence-corrected chi connectivity index (χ2v) is 3.98. The lowest BCUT2D eigenvalue weighted by Gasteiger charge is -2.17. The van der Waals surface area contributed by atoms with Gasteiger partial charge in [0.2, 0.25) is 12.2 Å². The fourth-order valence-electron chi connectivity index (χ4n) is 1.68. The van der Waals surface area contributed by atoms with Gasteiger partial charge in [0.15, 0.2) is 0 Å². The van der Waals surface area contributed by atoms with E-state index in [1.807, 2.05) is 30.3 Å². The molecule has 0 fully saturated rings. The van der Waals surface area contributed by atoms with E-state index < -0.39 is 12.2 Å². The van der Waals surface area contributed by atoms with Crippen LogP contribution in [0.4, 0.5) is 0 Å². The lowest BCUT2D eigenvalue weighted by atomic mass is 10.2. The van der Waals surface area contributed by atoms with Crippen LogP contribution in [-0.2, 0) is 4.74 Å². The molecule has 0 aromatic heterocycles. The first-order chi connectivity index (χ1) is 9.20. The summed E-state index contributed by atoms with van der Waals surface area (Å²) in [5.41, 5.74) is 6.54. The molecule has 4 heteroatoms. The third kappa shape index (κ3) is 3.33. The van der Waals surface area contributed by atoms with Crippen molar-refractivity contribution in [2.45, 2.75) is 6.29 Å². The number of rotatable bonds is 5. The molecular weight excluding hydrogens is 242 g/mol. The highest BCUT2D eigenvalue weighted by Gasteiger charge is 2.11. The van der Waals surface area contributed by atoms with Crippen molar-refractivity contribution in [2.75, 3.05) is 7.11 Å². The predicted octanol–water partition coefficient (Wildman–Crippen LogP) is 2.51. The van der Waals surface area contributed by atoms with Crippen LogP contribution < -0.4 is 10.5 Å². The van der Waals surface area contributed by atoms with Gasteiger partial charge in [-0.1, -0.05) is 30.3 Å². The fourth-order valence-corrected chi connectivity index (χ4v) is 1.68. The molecule has 0 aliphatic heterocycles. The van der Waals surface area contributed by atoms with Gasteiger partial charge in [-0.3, -0.25) is 4.79 Å². The van der Waals surface area contributed by atoms with E-state index in [2.05, 4.69) is 0 Å². The predicted molar refractivity (Wildman–Crippen MR) is 71.8 cm³/mol. The monoisotopic (exact) mass is 257 g/mol. The minimum atomic E-state index is -0.486. The molecule has 2 aromatic rings. The Bertz CT molecular complexity index is 537. The Hall–Kier alpha value is -2.33. The second kappa shape index (κ2) is 6.02. The Labute approximate surface area is 111 Å². The molecule has 1 atom stereocenters. The molecule has 2 N–H and O–H groups in total. The van der Waals surface area contributed by atoms with Crippen LogP contribution in [-0.4, -0.2) is 13.0 Å². The van der Waals surface area contributed by atoms with Crippen LogP contribution in [0, 0.1) is 0 Å². The Morgan fingerprint density at radius 2 is 1.68 bits per heavy atom. The normalized spacial score (nSPS) is 11.8. The summed E-state index contributed by atoms with van der Waals surface area (Å²) in [6.07, 6.45) is -0.486. The maximum Gasteiger partial charge on any atom is 0.248 e. The van der Waals surface area contributed by atoms with Crippen molar-refractivity contribution < 1.29 is 14.3 Å². The summed E-state index contributed by atoms with van der Waals surface area (Å²) >= 11 is 0. The van der Waals surface area contributed by atoms with Crippen molar-refractivity contribution in [1.82, 2.24) is 0 Å². The van der Waals surface area contributed by atoms with Gasteiger partial charge < -0.3 is 15.2 Å². The number of carbonyl (C=O) groups excluding carboxylic acids is 1. The first-order valence-corrected chi connectivity index (χ1v) is 5.85. The quantitative estimate of drug-likeness (QED) is 0.837. The Kier molecular flexibility index (Phi) is 4.15. The number of nitrogens with two attached hydrogens (primary N) is 1. The van der Waals surface area contributed by atoms with Crippen molar-refractivity contribution in [3.8, 4) is 5.75 Å². The van der Waals surface area contributed by atoms with Gasteiger partial charge >= 0.3 is 0 Å². The minimum absolute atomic E-state index is 0.445. The Morgan fingerprint density at radius 3 is 2.21 bits per heavy atom. The summed E-state index contributed by atoms with van der Waals surface area (Å²) < 4.78 is 11.0. The number of benzene rings is 2. The third-order valence-corrected chi connectivity index (χ3v) is 2.67. The summed E-state index contributed by atoms with van der Waals surface area (Å²) in [5.74, 6) is 0.151. The zero-order chi connectivity index (χ0) is 13.7. The van der Waals surface area contributed by atoms with Gasteiger partial charge in [0.25, 0.3) is 0 Å². The summed E-state index contributed by atoms with van der Waals surface area (Å²) in [6, 6.07) is 16.2. The second-order valence-electron chi connectivity index (χ2n) is 3.98. The largest absolute Gasteiger partial charge is 0.461 e. The smallest absolute Gasteiger partial charge is 0.248 e. The highest BCUT2D eigenvalue weighted by atomic mass is 16.7. The van der Waals surface area contributed by atoms with E-state index in [1.54, 1.807) is 31.4 Å². The lowest BCUT2D eigenvalue weighted by Crippen LogP contribution is -2.11. The van der Waals surface area contributed by atoms with E-state index in [1.165, 1.54) is 0 Å². The van der Waals surface area contributed by atoms with Crippen LogP contribution in [0.15, 0.2) is 54.6 Å². The molecule has 0 heterocycles. The number of hydrogen-bond donors (Lipinski definition) is 1. The maximum absolute atomic E-state index is 11.0. The Balaban J connectivity index is 2.12. The summed E-state index contributed by atoms with van der Waals surface area (Å²) in [5, 5.41) is 0. The zero-order valence-electron chi connectivity index (χ0n) is 10.6. The van der Waals surface area contributed by atoms with Crippen molar-refractivity contribution in [1.29, 1.82) is 0 Å². The fraction of sp³-hybridized carbons (Fsp3) is 0.133. The lowest BCUT2D eigenvalue weighted by molar-refractivity contribution is -0.0562. The number of primary amides is 1. The molecule has 1 unspecified atom stereocenters. The van der Waals surface area contributed by atoms with E-state index >= 15 is 0 Å². The first kappa shape index (κ1) is 13.1. The summed E-state index contributed by atoms with van der Waals surface area (Å²) in [7, 11) is 1.58. The van der Waals surface area contributed by atoms with Crippen molar-refractivity contribution in [3.63, 3.8) is 0 Å². The van der Waals surface area contributed by atoms with Crippen LogP contribution in [0.25, 0.3) is 0 Å².